The summed E-state index contributed by atoms with van der Waals surface area (Å²) in [4.78, 5) is 4.64. The number of pyridine rings is 1. The van der Waals surface area contributed by atoms with Gasteiger partial charge in [-0.15, -0.1) is 0 Å². The van der Waals surface area contributed by atoms with Crippen LogP contribution >= 0.6 is 0 Å². The van der Waals surface area contributed by atoms with E-state index in [0.29, 0.717) is 13.0 Å². The number of hydrogen-bond acceptors (Lipinski definition) is 4. The molecule has 1 heterocycles. The van der Waals surface area contributed by atoms with Crippen LogP contribution in [-0.4, -0.2) is 18.1 Å². The summed E-state index contributed by atoms with van der Waals surface area (Å²) in [5.41, 5.74) is 1.83. The number of ether oxygens (including phenoxy) is 1. The maximum Gasteiger partial charge on any atom is 0.145 e. The molecule has 0 aliphatic rings. The van der Waals surface area contributed by atoms with Crippen LogP contribution < -0.4 is 10.1 Å². The molecule has 0 bridgehead atoms. The molecule has 104 valence electrons. The smallest absolute Gasteiger partial charge is 0.145 e. The van der Waals surface area contributed by atoms with Crippen LogP contribution in [0.2, 0.25) is 0 Å². The van der Waals surface area contributed by atoms with Crippen LogP contribution in [0.3, 0.4) is 0 Å². The van der Waals surface area contributed by atoms with Gasteiger partial charge >= 0.3 is 0 Å². The van der Waals surface area contributed by atoms with Gasteiger partial charge in [0, 0.05) is 18.0 Å². The van der Waals surface area contributed by atoms with Gasteiger partial charge in [0.15, 0.2) is 0 Å². The first-order chi connectivity index (χ1) is 9.78. The third-order valence-electron chi connectivity index (χ3n) is 3.36. The van der Waals surface area contributed by atoms with Crippen molar-refractivity contribution in [3.05, 3.63) is 36.0 Å². The van der Waals surface area contributed by atoms with Crippen molar-refractivity contribution in [2.75, 3.05) is 7.11 Å². The number of benzene rings is 1. The minimum atomic E-state index is 0.218. The zero-order chi connectivity index (χ0) is 14.4. The Morgan fingerprint density at radius 1 is 1.35 bits per heavy atom. The highest BCUT2D eigenvalue weighted by Gasteiger charge is 2.07. The molecule has 0 saturated heterocycles. The topological polar surface area (TPSA) is 57.9 Å². The normalized spacial score (nSPS) is 12.1. The SMILES string of the molecule is CCC(CC#N)NCc1ccc2cccc(OC)c2n1. The van der Waals surface area contributed by atoms with Crippen LogP contribution in [0.5, 0.6) is 5.75 Å². The maximum absolute atomic E-state index is 8.75. The molecule has 0 amide bonds. The molecule has 0 radical (unpaired) electrons. The molecular weight excluding hydrogens is 250 g/mol. The van der Waals surface area contributed by atoms with Gasteiger partial charge in [0.05, 0.1) is 25.3 Å². The van der Waals surface area contributed by atoms with E-state index >= 15 is 0 Å². The molecule has 0 saturated carbocycles. The third-order valence-corrected chi connectivity index (χ3v) is 3.36. The van der Waals surface area contributed by atoms with E-state index in [0.717, 1.165) is 28.8 Å². The van der Waals surface area contributed by atoms with Crippen LogP contribution in [0.15, 0.2) is 30.3 Å². The minimum absolute atomic E-state index is 0.218. The van der Waals surface area contributed by atoms with Crippen molar-refractivity contribution in [2.45, 2.75) is 32.4 Å². The number of nitrogens with zero attached hydrogens (tertiary/aromatic N) is 2. The molecule has 1 unspecified atom stereocenters. The fourth-order valence-corrected chi connectivity index (χ4v) is 2.14. The Labute approximate surface area is 119 Å². The van der Waals surface area contributed by atoms with Crippen LogP contribution in [0.25, 0.3) is 10.9 Å². The number of aromatic nitrogens is 1. The number of hydrogen-bond donors (Lipinski definition) is 1. The Hall–Kier alpha value is -2.12. The summed E-state index contributed by atoms with van der Waals surface area (Å²) in [7, 11) is 1.65. The van der Waals surface area contributed by atoms with Gasteiger partial charge in [0.25, 0.3) is 0 Å². The quantitative estimate of drug-likeness (QED) is 0.875. The van der Waals surface area contributed by atoms with E-state index in [1.54, 1.807) is 7.11 Å². The van der Waals surface area contributed by atoms with Gasteiger partial charge in [-0.05, 0) is 18.6 Å². The lowest BCUT2D eigenvalue weighted by Crippen LogP contribution is -2.27. The zero-order valence-corrected chi connectivity index (χ0v) is 11.9. The monoisotopic (exact) mass is 269 g/mol. The standard InChI is InChI=1S/C16H19N3O/c1-3-13(9-10-17)18-11-14-8-7-12-5-4-6-15(20-2)16(12)19-14/h4-8,13,18H,3,9,11H2,1-2H3. The van der Waals surface area contributed by atoms with Gasteiger partial charge in [-0.2, -0.15) is 5.26 Å². The highest BCUT2D eigenvalue weighted by molar-refractivity contribution is 5.84. The first kappa shape index (κ1) is 14.3. The lowest BCUT2D eigenvalue weighted by Gasteiger charge is -2.13. The van der Waals surface area contributed by atoms with E-state index in [1.807, 2.05) is 30.3 Å². The fourth-order valence-electron chi connectivity index (χ4n) is 2.14. The van der Waals surface area contributed by atoms with E-state index in [1.165, 1.54) is 0 Å². The Kier molecular flexibility index (Phi) is 4.91. The molecule has 20 heavy (non-hydrogen) atoms. The number of para-hydroxylation sites is 1. The molecule has 2 aromatic rings. The second-order valence-electron chi connectivity index (χ2n) is 4.68. The largest absolute Gasteiger partial charge is 0.494 e. The highest BCUT2D eigenvalue weighted by atomic mass is 16.5. The average Bonchev–Trinajstić information content (AvgIpc) is 2.50. The van der Waals surface area contributed by atoms with Gasteiger partial charge in [-0.3, -0.25) is 0 Å². The molecular formula is C16H19N3O. The van der Waals surface area contributed by atoms with Crippen molar-refractivity contribution < 1.29 is 4.74 Å². The molecule has 1 N–H and O–H groups in total. The second kappa shape index (κ2) is 6.88. The van der Waals surface area contributed by atoms with E-state index in [2.05, 4.69) is 23.3 Å². The van der Waals surface area contributed by atoms with Gasteiger partial charge in [-0.25, -0.2) is 4.98 Å². The lowest BCUT2D eigenvalue weighted by molar-refractivity contribution is 0.418. The summed E-state index contributed by atoms with van der Waals surface area (Å²) < 4.78 is 5.34. The number of fused-ring (bicyclic) bond motifs is 1. The molecule has 1 aromatic heterocycles. The number of rotatable bonds is 6. The molecule has 0 fully saturated rings. The number of methoxy groups -OCH3 is 1. The Morgan fingerprint density at radius 3 is 2.90 bits per heavy atom. The Bertz CT molecular complexity index is 619. The van der Waals surface area contributed by atoms with Gasteiger partial charge < -0.3 is 10.1 Å². The molecule has 4 heteroatoms. The molecule has 0 spiro atoms. The van der Waals surface area contributed by atoms with Crippen molar-refractivity contribution in [1.82, 2.24) is 10.3 Å². The van der Waals surface area contributed by atoms with Crippen LogP contribution in [0, 0.1) is 11.3 Å². The van der Waals surface area contributed by atoms with E-state index in [4.69, 9.17) is 10.00 Å². The van der Waals surface area contributed by atoms with E-state index in [9.17, 15) is 0 Å². The highest BCUT2D eigenvalue weighted by Crippen LogP contribution is 2.23. The first-order valence-corrected chi connectivity index (χ1v) is 6.81. The summed E-state index contributed by atoms with van der Waals surface area (Å²) in [6, 6.07) is 12.4. The van der Waals surface area contributed by atoms with Crippen molar-refractivity contribution in [2.24, 2.45) is 0 Å². The molecule has 4 nitrogen and oxygen atoms in total. The van der Waals surface area contributed by atoms with Crippen LogP contribution in [-0.2, 0) is 6.54 Å². The van der Waals surface area contributed by atoms with E-state index < -0.39 is 0 Å². The lowest BCUT2D eigenvalue weighted by atomic mass is 10.1. The molecule has 1 aromatic carbocycles. The average molecular weight is 269 g/mol. The third kappa shape index (κ3) is 3.25. The Morgan fingerprint density at radius 2 is 2.20 bits per heavy atom. The first-order valence-electron chi connectivity index (χ1n) is 6.81. The maximum atomic E-state index is 8.75. The van der Waals surface area contributed by atoms with Crippen molar-refractivity contribution in [3.8, 4) is 11.8 Å². The second-order valence-corrected chi connectivity index (χ2v) is 4.68. The fraction of sp³-hybridized carbons (Fsp3) is 0.375. The van der Waals surface area contributed by atoms with Crippen molar-refractivity contribution in [3.63, 3.8) is 0 Å². The van der Waals surface area contributed by atoms with Crippen molar-refractivity contribution in [1.29, 1.82) is 5.26 Å². The molecule has 0 aliphatic carbocycles. The summed E-state index contributed by atoms with van der Waals surface area (Å²) >= 11 is 0. The van der Waals surface area contributed by atoms with Crippen LogP contribution in [0.1, 0.15) is 25.5 Å². The molecule has 2 rings (SSSR count). The van der Waals surface area contributed by atoms with E-state index in [-0.39, 0.29) is 6.04 Å². The summed E-state index contributed by atoms with van der Waals surface area (Å²) in [5.74, 6) is 0.786. The van der Waals surface area contributed by atoms with Crippen LogP contribution in [0.4, 0.5) is 0 Å². The summed E-state index contributed by atoms with van der Waals surface area (Å²) in [5, 5.41) is 13.2. The molecule has 1 atom stereocenters. The number of nitriles is 1. The summed E-state index contributed by atoms with van der Waals surface area (Å²) in [6.07, 6.45) is 1.46. The van der Waals surface area contributed by atoms with Crippen molar-refractivity contribution >= 4 is 10.9 Å². The predicted molar refractivity (Wildman–Crippen MR) is 79.4 cm³/mol. The predicted octanol–water partition coefficient (Wildman–Crippen LogP) is 3.03. The minimum Gasteiger partial charge on any atom is -0.494 e. The molecule has 0 aliphatic heterocycles. The summed E-state index contributed by atoms with van der Waals surface area (Å²) in [6.45, 7) is 2.74. The number of nitrogens with one attached hydrogen (secondary N) is 1. The Balaban J connectivity index is 2.17. The van der Waals surface area contributed by atoms with Gasteiger partial charge in [-0.1, -0.05) is 25.1 Å². The van der Waals surface area contributed by atoms with Gasteiger partial charge in [0.2, 0.25) is 0 Å². The zero-order valence-electron chi connectivity index (χ0n) is 11.9. The van der Waals surface area contributed by atoms with Gasteiger partial charge in [0.1, 0.15) is 11.3 Å².